The first-order chi connectivity index (χ1) is 14.5. The molecule has 0 aliphatic carbocycles. The molecule has 4 aromatic rings. The van der Waals surface area contributed by atoms with Crippen molar-refractivity contribution in [1.82, 2.24) is 0 Å². The lowest BCUT2D eigenvalue weighted by Crippen LogP contribution is -2.15. The fourth-order valence-electron chi connectivity index (χ4n) is 2.98. The Balaban J connectivity index is 1.95. The number of sulfone groups is 1. The van der Waals surface area contributed by atoms with E-state index in [4.69, 9.17) is 20.8 Å². The highest BCUT2D eigenvalue weighted by Crippen LogP contribution is 2.25. The smallest absolute Gasteiger partial charge is 0.239 e. The molecule has 1 heterocycles. The zero-order valence-corrected chi connectivity index (χ0v) is 17.7. The summed E-state index contributed by atoms with van der Waals surface area (Å²) < 4.78 is 38.0. The van der Waals surface area contributed by atoms with Gasteiger partial charge in [-0.25, -0.2) is 13.4 Å². The summed E-state index contributed by atoms with van der Waals surface area (Å²) in [6, 6.07) is 21.8. The summed E-state index contributed by atoms with van der Waals surface area (Å²) in [5, 5.41) is 1.06. The molecule has 5 nitrogen and oxygen atoms in total. The van der Waals surface area contributed by atoms with Crippen LogP contribution >= 0.6 is 11.6 Å². The molecular formula is C23H18ClNO4S. The molecule has 0 fully saturated rings. The van der Waals surface area contributed by atoms with Crippen LogP contribution in [0.5, 0.6) is 5.75 Å². The molecule has 0 amide bonds. The summed E-state index contributed by atoms with van der Waals surface area (Å²) in [6.07, 6.45) is 0. The number of ether oxygens (including phenoxy) is 1. The van der Waals surface area contributed by atoms with Gasteiger partial charge in [-0.05, 0) is 67.6 Å². The third-order valence-corrected chi connectivity index (χ3v) is 6.40. The lowest BCUT2D eigenvalue weighted by atomic mass is 10.2. The summed E-state index contributed by atoms with van der Waals surface area (Å²) in [5.74, 6) is 0.707. The van der Waals surface area contributed by atoms with Crippen LogP contribution in [0.25, 0.3) is 11.0 Å². The molecule has 0 aliphatic heterocycles. The maximum atomic E-state index is 13.3. The molecule has 7 heteroatoms. The highest BCUT2D eigenvalue weighted by Gasteiger charge is 2.22. The van der Waals surface area contributed by atoms with Gasteiger partial charge in [0.25, 0.3) is 0 Å². The summed E-state index contributed by atoms with van der Waals surface area (Å²) in [4.78, 5) is 4.60. The Hall–Kier alpha value is -3.09. The molecule has 0 radical (unpaired) electrons. The molecule has 0 N–H and O–H groups in total. The van der Waals surface area contributed by atoms with Crippen molar-refractivity contribution in [2.24, 2.45) is 4.99 Å². The van der Waals surface area contributed by atoms with Crippen LogP contribution in [0.4, 0.5) is 5.69 Å². The number of hydrogen-bond acceptors (Lipinski definition) is 5. The van der Waals surface area contributed by atoms with Gasteiger partial charge in [0.1, 0.15) is 16.2 Å². The Kier molecular flexibility index (Phi) is 5.61. The summed E-state index contributed by atoms with van der Waals surface area (Å²) in [5.41, 5.74) is 1.02. The summed E-state index contributed by atoms with van der Waals surface area (Å²) in [7, 11) is -3.87. The van der Waals surface area contributed by atoms with E-state index < -0.39 is 9.84 Å². The predicted octanol–water partition coefficient (Wildman–Crippen LogP) is 5.55. The van der Waals surface area contributed by atoms with Gasteiger partial charge >= 0.3 is 0 Å². The van der Waals surface area contributed by atoms with Crippen LogP contribution in [0.15, 0.2) is 98.1 Å². The highest BCUT2D eigenvalue weighted by molar-refractivity contribution is 7.91. The van der Waals surface area contributed by atoms with Crippen molar-refractivity contribution < 1.29 is 17.6 Å². The maximum absolute atomic E-state index is 13.3. The Bertz CT molecular complexity index is 1360. The van der Waals surface area contributed by atoms with Gasteiger partial charge in [0.15, 0.2) is 0 Å². The average molecular weight is 440 g/mol. The molecule has 4 rings (SSSR count). The normalized spacial score (nSPS) is 12.3. The third kappa shape index (κ3) is 4.10. The van der Waals surface area contributed by atoms with E-state index in [1.54, 1.807) is 66.7 Å². The van der Waals surface area contributed by atoms with Crippen molar-refractivity contribution in [3.05, 3.63) is 89.4 Å². The maximum Gasteiger partial charge on any atom is 0.239 e. The molecule has 0 unspecified atom stereocenters. The van der Waals surface area contributed by atoms with Gasteiger partial charge in [0.2, 0.25) is 15.4 Å². The molecule has 30 heavy (non-hydrogen) atoms. The van der Waals surface area contributed by atoms with Crippen molar-refractivity contribution in [3.8, 4) is 5.75 Å². The molecule has 0 saturated carbocycles. The van der Waals surface area contributed by atoms with Gasteiger partial charge in [-0.1, -0.05) is 29.8 Å². The van der Waals surface area contributed by atoms with E-state index in [-0.39, 0.29) is 15.3 Å². The van der Waals surface area contributed by atoms with Gasteiger partial charge in [-0.3, -0.25) is 0 Å². The monoisotopic (exact) mass is 439 g/mol. The minimum Gasteiger partial charge on any atom is -0.494 e. The van der Waals surface area contributed by atoms with E-state index in [2.05, 4.69) is 4.99 Å². The van der Waals surface area contributed by atoms with Crippen molar-refractivity contribution in [2.75, 3.05) is 6.61 Å². The second-order valence-corrected chi connectivity index (χ2v) is 8.81. The van der Waals surface area contributed by atoms with Crippen LogP contribution in [-0.2, 0) is 9.84 Å². The van der Waals surface area contributed by atoms with E-state index in [1.165, 1.54) is 12.1 Å². The number of hydrogen-bond donors (Lipinski definition) is 0. The lowest BCUT2D eigenvalue weighted by Gasteiger charge is -2.07. The van der Waals surface area contributed by atoms with Crippen molar-refractivity contribution in [2.45, 2.75) is 16.7 Å². The largest absolute Gasteiger partial charge is 0.494 e. The Morgan fingerprint density at radius 1 is 0.967 bits per heavy atom. The van der Waals surface area contributed by atoms with Crippen LogP contribution in [0.2, 0.25) is 5.02 Å². The van der Waals surface area contributed by atoms with Crippen molar-refractivity contribution in [1.29, 1.82) is 0 Å². The Morgan fingerprint density at radius 2 is 1.70 bits per heavy atom. The minimum absolute atomic E-state index is 0.00200. The first kappa shape index (κ1) is 20.2. The van der Waals surface area contributed by atoms with E-state index in [0.29, 0.717) is 34.0 Å². The molecule has 0 aliphatic rings. The molecule has 0 bridgehead atoms. The molecule has 1 aromatic heterocycles. The first-order valence-electron chi connectivity index (χ1n) is 9.28. The highest BCUT2D eigenvalue weighted by atomic mass is 35.5. The molecule has 3 aromatic carbocycles. The predicted molar refractivity (Wildman–Crippen MR) is 116 cm³/mol. The molecule has 0 atom stereocenters. The number of halogens is 1. The lowest BCUT2D eigenvalue weighted by molar-refractivity contribution is 0.340. The molecule has 0 spiro atoms. The average Bonchev–Trinajstić information content (AvgIpc) is 2.75. The zero-order valence-electron chi connectivity index (χ0n) is 16.1. The topological polar surface area (TPSA) is 68.9 Å². The van der Waals surface area contributed by atoms with E-state index in [1.807, 2.05) is 6.92 Å². The van der Waals surface area contributed by atoms with Crippen molar-refractivity contribution in [3.63, 3.8) is 0 Å². The SMILES string of the molecule is CCOc1ccc(N=c2oc3ccc(Cl)cc3cc2S(=O)(=O)c2ccccc2)cc1. The molecule has 152 valence electrons. The second-order valence-electron chi connectivity index (χ2n) is 6.45. The number of benzene rings is 3. The Labute approximate surface area is 179 Å². The van der Waals surface area contributed by atoms with Crippen LogP contribution in [0.3, 0.4) is 0 Å². The third-order valence-electron chi connectivity index (χ3n) is 4.40. The van der Waals surface area contributed by atoms with E-state index >= 15 is 0 Å². The van der Waals surface area contributed by atoms with Gasteiger partial charge in [-0.15, -0.1) is 0 Å². The van der Waals surface area contributed by atoms with E-state index in [9.17, 15) is 8.42 Å². The fourth-order valence-corrected chi connectivity index (χ4v) is 4.53. The minimum atomic E-state index is -3.87. The van der Waals surface area contributed by atoms with Gasteiger partial charge < -0.3 is 9.15 Å². The zero-order chi connectivity index (χ0) is 21.1. The number of nitrogens with zero attached hydrogens (tertiary/aromatic N) is 1. The van der Waals surface area contributed by atoms with Crippen LogP contribution < -0.4 is 10.3 Å². The standard InChI is InChI=1S/C23H18ClNO4S/c1-2-28-19-11-9-18(10-12-19)25-23-22(30(26,27)20-6-4-3-5-7-20)15-16-14-17(24)8-13-21(16)29-23/h3-15H,2H2,1H3. The number of fused-ring (bicyclic) bond motifs is 1. The second kappa shape index (κ2) is 8.34. The van der Waals surface area contributed by atoms with Gasteiger partial charge in [0, 0.05) is 10.4 Å². The van der Waals surface area contributed by atoms with E-state index in [0.717, 1.165) is 0 Å². The molecule has 0 saturated heterocycles. The first-order valence-corrected chi connectivity index (χ1v) is 11.1. The molecular weight excluding hydrogens is 422 g/mol. The van der Waals surface area contributed by atoms with Crippen LogP contribution in [0, 0.1) is 0 Å². The van der Waals surface area contributed by atoms with Gasteiger partial charge in [0.05, 0.1) is 17.2 Å². The van der Waals surface area contributed by atoms with Crippen LogP contribution in [0.1, 0.15) is 6.92 Å². The van der Waals surface area contributed by atoms with Crippen LogP contribution in [-0.4, -0.2) is 15.0 Å². The Morgan fingerprint density at radius 3 is 2.40 bits per heavy atom. The fraction of sp³-hybridized carbons (Fsp3) is 0.0870. The number of rotatable bonds is 5. The van der Waals surface area contributed by atoms with Crippen molar-refractivity contribution >= 4 is 38.1 Å². The quantitative estimate of drug-likeness (QED) is 0.408. The summed E-state index contributed by atoms with van der Waals surface area (Å²) in [6.45, 7) is 2.46. The summed E-state index contributed by atoms with van der Waals surface area (Å²) >= 11 is 6.09. The van der Waals surface area contributed by atoms with Gasteiger partial charge in [-0.2, -0.15) is 0 Å².